The molecule has 0 aromatic heterocycles. The summed E-state index contributed by atoms with van der Waals surface area (Å²) in [4.78, 5) is 0. The van der Waals surface area contributed by atoms with Crippen LogP contribution in [-0.4, -0.2) is 26.3 Å². The minimum Gasteiger partial charge on any atom is -0.490 e. The van der Waals surface area contributed by atoms with Gasteiger partial charge in [-0.1, -0.05) is 19.9 Å². The molecule has 0 radical (unpaired) electrons. The third-order valence-electron chi connectivity index (χ3n) is 3.73. The van der Waals surface area contributed by atoms with Crippen LogP contribution in [0.25, 0.3) is 0 Å². The first kappa shape index (κ1) is 14.2. The monoisotopic (exact) mass is 263 g/mol. The van der Waals surface area contributed by atoms with Gasteiger partial charge in [-0.05, 0) is 43.5 Å². The second-order valence-corrected chi connectivity index (χ2v) is 5.51. The predicted octanol–water partition coefficient (Wildman–Crippen LogP) is 3.02. The molecule has 1 atom stereocenters. The summed E-state index contributed by atoms with van der Waals surface area (Å²) in [6.07, 6.45) is 3.17. The Bertz CT molecular complexity index is 404. The van der Waals surface area contributed by atoms with Crippen molar-refractivity contribution in [3.63, 3.8) is 0 Å². The molecule has 1 aromatic rings. The lowest BCUT2D eigenvalue weighted by Crippen LogP contribution is -2.30. The molecule has 19 heavy (non-hydrogen) atoms. The van der Waals surface area contributed by atoms with Crippen molar-refractivity contribution >= 4 is 0 Å². The zero-order chi connectivity index (χ0) is 13.7. The van der Waals surface area contributed by atoms with Crippen LogP contribution in [-0.2, 0) is 6.42 Å². The van der Waals surface area contributed by atoms with E-state index in [1.807, 2.05) is 13.1 Å². The molecular formula is C16H25NO2. The SMILES string of the molecule is CNC(CCc1ccc2c(c1)OCCCO2)C(C)C. The van der Waals surface area contributed by atoms with Crippen LogP contribution in [0, 0.1) is 5.92 Å². The Hall–Kier alpha value is -1.22. The number of nitrogens with one attached hydrogen (secondary N) is 1. The van der Waals surface area contributed by atoms with Gasteiger partial charge in [0.15, 0.2) is 11.5 Å². The van der Waals surface area contributed by atoms with Crippen molar-refractivity contribution in [3.8, 4) is 11.5 Å². The molecule has 1 aliphatic rings. The Morgan fingerprint density at radius 2 is 1.89 bits per heavy atom. The Balaban J connectivity index is 1.99. The molecule has 0 saturated carbocycles. The summed E-state index contributed by atoms with van der Waals surface area (Å²) >= 11 is 0. The van der Waals surface area contributed by atoms with Crippen LogP contribution in [0.5, 0.6) is 11.5 Å². The predicted molar refractivity (Wildman–Crippen MR) is 78.1 cm³/mol. The third kappa shape index (κ3) is 3.87. The first-order chi connectivity index (χ1) is 9.20. The van der Waals surface area contributed by atoms with Crippen molar-refractivity contribution < 1.29 is 9.47 Å². The van der Waals surface area contributed by atoms with Crippen LogP contribution in [0.2, 0.25) is 0 Å². The number of hydrogen-bond donors (Lipinski definition) is 1. The number of fused-ring (bicyclic) bond motifs is 1. The van der Waals surface area contributed by atoms with Crippen LogP contribution in [0.3, 0.4) is 0 Å². The first-order valence-electron chi connectivity index (χ1n) is 7.26. The van der Waals surface area contributed by atoms with E-state index in [1.54, 1.807) is 0 Å². The zero-order valence-electron chi connectivity index (χ0n) is 12.2. The van der Waals surface area contributed by atoms with E-state index in [0.717, 1.165) is 44.0 Å². The molecular weight excluding hydrogens is 238 g/mol. The van der Waals surface area contributed by atoms with E-state index in [1.165, 1.54) is 5.56 Å². The van der Waals surface area contributed by atoms with Crippen molar-refractivity contribution in [1.82, 2.24) is 5.32 Å². The van der Waals surface area contributed by atoms with Crippen molar-refractivity contribution in [2.24, 2.45) is 5.92 Å². The molecule has 2 rings (SSSR count). The lowest BCUT2D eigenvalue weighted by molar-refractivity contribution is 0.297. The van der Waals surface area contributed by atoms with E-state index in [-0.39, 0.29) is 0 Å². The Morgan fingerprint density at radius 3 is 2.58 bits per heavy atom. The summed E-state index contributed by atoms with van der Waals surface area (Å²) in [6.45, 7) is 6.02. The van der Waals surface area contributed by atoms with Gasteiger partial charge in [0.2, 0.25) is 0 Å². The number of benzene rings is 1. The molecule has 0 bridgehead atoms. The fraction of sp³-hybridized carbons (Fsp3) is 0.625. The highest BCUT2D eigenvalue weighted by atomic mass is 16.5. The molecule has 1 heterocycles. The number of hydrogen-bond acceptors (Lipinski definition) is 3. The van der Waals surface area contributed by atoms with Crippen LogP contribution in [0.15, 0.2) is 18.2 Å². The van der Waals surface area contributed by atoms with Gasteiger partial charge in [-0.2, -0.15) is 0 Å². The molecule has 3 heteroatoms. The minimum atomic E-state index is 0.566. The fourth-order valence-electron chi connectivity index (χ4n) is 2.50. The van der Waals surface area contributed by atoms with Crippen molar-refractivity contribution in [2.45, 2.75) is 39.2 Å². The summed E-state index contributed by atoms with van der Waals surface area (Å²) in [5, 5.41) is 3.39. The quantitative estimate of drug-likeness (QED) is 0.885. The second-order valence-electron chi connectivity index (χ2n) is 5.51. The lowest BCUT2D eigenvalue weighted by atomic mass is 9.97. The highest BCUT2D eigenvalue weighted by Crippen LogP contribution is 2.30. The maximum atomic E-state index is 5.73. The lowest BCUT2D eigenvalue weighted by Gasteiger charge is -2.20. The van der Waals surface area contributed by atoms with Crippen LogP contribution >= 0.6 is 0 Å². The number of ether oxygens (including phenoxy) is 2. The van der Waals surface area contributed by atoms with E-state index < -0.39 is 0 Å². The molecule has 1 N–H and O–H groups in total. The summed E-state index contributed by atoms with van der Waals surface area (Å²) in [5.74, 6) is 2.45. The van der Waals surface area contributed by atoms with Gasteiger partial charge in [0, 0.05) is 12.5 Å². The van der Waals surface area contributed by atoms with E-state index in [0.29, 0.717) is 12.0 Å². The highest BCUT2D eigenvalue weighted by molar-refractivity contribution is 5.43. The standard InChI is InChI=1S/C16H25NO2/c1-12(2)14(17-3)7-5-13-6-8-15-16(11-13)19-10-4-9-18-15/h6,8,11-12,14,17H,4-5,7,9-10H2,1-3H3. The molecule has 106 valence electrons. The Labute approximate surface area is 116 Å². The Kier molecular flexibility index (Phi) is 5.08. The van der Waals surface area contributed by atoms with Gasteiger partial charge in [0.1, 0.15) is 0 Å². The largest absolute Gasteiger partial charge is 0.490 e. The number of rotatable bonds is 5. The summed E-state index contributed by atoms with van der Waals surface area (Å²) in [7, 11) is 2.04. The Morgan fingerprint density at radius 1 is 1.16 bits per heavy atom. The average Bonchev–Trinajstić information content (AvgIpc) is 2.63. The molecule has 0 amide bonds. The molecule has 1 unspecified atom stereocenters. The second kappa shape index (κ2) is 6.80. The maximum Gasteiger partial charge on any atom is 0.161 e. The van der Waals surface area contributed by atoms with Crippen molar-refractivity contribution in [1.29, 1.82) is 0 Å². The van der Waals surface area contributed by atoms with Gasteiger partial charge in [-0.25, -0.2) is 0 Å². The van der Waals surface area contributed by atoms with Crippen molar-refractivity contribution in [2.75, 3.05) is 20.3 Å². The minimum absolute atomic E-state index is 0.566. The average molecular weight is 263 g/mol. The first-order valence-corrected chi connectivity index (χ1v) is 7.26. The van der Waals surface area contributed by atoms with Gasteiger partial charge in [-0.15, -0.1) is 0 Å². The fourth-order valence-corrected chi connectivity index (χ4v) is 2.50. The van der Waals surface area contributed by atoms with Crippen LogP contribution in [0.4, 0.5) is 0 Å². The van der Waals surface area contributed by atoms with Gasteiger partial charge in [0.05, 0.1) is 13.2 Å². The topological polar surface area (TPSA) is 30.5 Å². The normalized spacial score (nSPS) is 16.2. The van der Waals surface area contributed by atoms with E-state index >= 15 is 0 Å². The molecule has 0 spiro atoms. The molecule has 0 saturated heterocycles. The van der Waals surface area contributed by atoms with E-state index in [9.17, 15) is 0 Å². The molecule has 0 aliphatic carbocycles. The van der Waals surface area contributed by atoms with E-state index in [2.05, 4.69) is 31.3 Å². The molecule has 1 aromatic carbocycles. The van der Waals surface area contributed by atoms with Gasteiger partial charge in [-0.3, -0.25) is 0 Å². The van der Waals surface area contributed by atoms with Gasteiger partial charge < -0.3 is 14.8 Å². The van der Waals surface area contributed by atoms with Gasteiger partial charge in [0.25, 0.3) is 0 Å². The zero-order valence-corrected chi connectivity index (χ0v) is 12.2. The summed E-state index contributed by atoms with van der Waals surface area (Å²) in [6, 6.07) is 6.89. The number of aryl methyl sites for hydroxylation is 1. The van der Waals surface area contributed by atoms with Crippen molar-refractivity contribution in [3.05, 3.63) is 23.8 Å². The van der Waals surface area contributed by atoms with Crippen LogP contribution < -0.4 is 14.8 Å². The third-order valence-corrected chi connectivity index (χ3v) is 3.73. The summed E-state index contributed by atoms with van der Waals surface area (Å²) < 4.78 is 11.4. The highest BCUT2D eigenvalue weighted by Gasteiger charge is 2.13. The maximum absolute atomic E-state index is 5.73. The van der Waals surface area contributed by atoms with Gasteiger partial charge >= 0.3 is 0 Å². The van der Waals surface area contributed by atoms with Crippen LogP contribution in [0.1, 0.15) is 32.3 Å². The molecule has 0 fully saturated rings. The summed E-state index contributed by atoms with van der Waals surface area (Å²) in [5.41, 5.74) is 1.32. The molecule has 3 nitrogen and oxygen atoms in total. The smallest absolute Gasteiger partial charge is 0.161 e. The molecule has 1 aliphatic heterocycles. The van der Waals surface area contributed by atoms with E-state index in [4.69, 9.17) is 9.47 Å².